The SMILES string of the molecule is O=C(c1ccc(Cn2ccnc2)cc1)N1CCCC[C@H](c2ccc(Cl)cc2)C1. The Hall–Kier alpha value is -2.59. The zero-order valence-electron chi connectivity index (χ0n) is 15.8. The van der Waals surface area contributed by atoms with E-state index in [2.05, 4.69) is 17.1 Å². The molecule has 0 N–H and O–H groups in total. The highest BCUT2D eigenvalue weighted by molar-refractivity contribution is 6.30. The molecule has 0 saturated carbocycles. The van der Waals surface area contributed by atoms with E-state index >= 15 is 0 Å². The number of imidazole rings is 1. The van der Waals surface area contributed by atoms with Crippen LogP contribution in [0.1, 0.15) is 46.7 Å². The molecule has 144 valence electrons. The molecule has 1 aromatic heterocycles. The van der Waals surface area contributed by atoms with E-state index in [4.69, 9.17) is 11.6 Å². The number of amides is 1. The molecule has 0 radical (unpaired) electrons. The average molecular weight is 394 g/mol. The number of carbonyl (C=O) groups is 1. The van der Waals surface area contributed by atoms with Crippen molar-refractivity contribution in [1.82, 2.24) is 14.5 Å². The Bertz CT molecular complexity index is 904. The molecule has 0 spiro atoms. The van der Waals surface area contributed by atoms with Crippen LogP contribution in [0.15, 0.2) is 67.3 Å². The molecule has 28 heavy (non-hydrogen) atoms. The van der Waals surface area contributed by atoms with E-state index in [-0.39, 0.29) is 5.91 Å². The van der Waals surface area contributed by atoms with Crippen molar-refractivity contribution in [3.8, 4) is 0 Å². The summed E-state index contributed by atoms with van der Waals surface area (Å²) in [4.78, 5) is 19.2. The smallest absolute Gasteiger partial charge is 0.253 e. The van der Waals surface area contributed by atoms with Crippen LogP contribution in [0.3, 0.4) is 0 Å². The number of nitrogens with zero attached hydrogens (tertiary/aromatic N) is 3. The predicted molar refractivity (Wildman–Crippen MR) is 112 cm³/mol. The normalized spacial score (nSPS) is 17.3. The number of hydrogen-bond donors (Lipinski definition) is 0. The molecular weight excluding hydrogens is 370 g/mol. The van der Waals surface area contributed by atoms with E-state index in [1.807, 2.05) is 52.1 Å². The number of rotatable bonds is 4. The van der Waals surface area contributed by atoms with Gasteiger partial charge in [-0.1, -0.05) is 42.3 Å². The van der Waals surface area contributed by atoms with Crippen molar-refractivity contribution in [3.63, 3.8) is 0 Å². The third kappa shape index (κ3) is 4.45. The summed E-state index contributed by atoms with van der Waals surface area (Å²) in [7, 11) is 0. The number of hydrogen-bond acceptors (Lipinski definition) is 2. The molecule has 1 aliphatic rings. The largest absolute Gasteiger partial charge is 0.338 e. The average Bonchev–Trinajstić information content (AvgIpc) is 3.10. The summed E-state index contributed by atoms with van der Waals surface area (Å²) < 4.78 is 2.02. The van der Waals surface area contributed by atoms with Crippen LogP contribution in [0.5, 0.6) is 0 Å². The number of likely N-dealkylation sites (tertiary alicyclic amines) is 1. The van der Waals surface area contributed by atoms with E-state index in [1.165, 1.54) is 5.56 Å². The first-order valence-corrected chi connectivity index (χ1v) is 10.2. The van der Waals surface area contributed by atoms with Crippen LogP contribution in [-0.4, -0.2) is 33.4 Å². The molecule has 5 heteroatoms. The van der Waals surface area contributed by atoms with Gasteiger partial charge in [0.05, 0.1) is 6.33 Å². The van der Waals surface area contributed by atoms with Crippen LogP contribution in [0, 0.1) is 0 Å². The minimum atomic E-state index is 0.120. The Morgan fingerprint density at radius 3 is 2.57 bits per heavy atom. The summed E-state index contributed by atoms with van der Waals surface area (Å²) in [5, 5.41) is 0.751. The predicted octanol–water partition coefficient (Wildman–Crippen LogP) is 4.99. The van der Waals surface area contributed by atoms with Gasteiger partial charge in [0.2, 0.25) is 0 Å². The monoisotopic (exact) mass is 393 g/mol. The van der Waals surface area contributed by atoms with Gasteiger partial charge in [-0.2, -0.15) is 0 Å². The third-order valence-electron chi connectivity index (χ3n) is 5.43. The summed E-state index contributed by atoms with van der Waals surface area (Å²) in [6.07, 6.45) is 8.81. The summed E-state index contributed by atoms with van der Waals surface area (Å²) >= 11 is 6.03. The molecule has 4 nitrogen and oxygen atoms in total. The summed E-state index contributed by atoms with van der Waals surface area (Å²) in [5.41, 5.74) is 3.18. The molecule has 1 atom stereocenters. The molecule has 1 amide bonds. The van der Waals surface area contributed by atoms with Gasteiger partial charge in [0.1, 0.15) is 0 Å². The first kappa shape index (κ1) is 18.8. The summed E-state index contributed by atoms with van der Waals surface area (Å²) in [6.45, 7) is 2.34. The van der Waals surface area contributed by atoms with E-state index in [9.17, 15) is 4.79 Å². The molecule has 3 aromatic rings. The van der Waals surface area contributed by atoms with Crippen molar-refractivity contribution in [2.24, 2.45) is 0 Å². The fraction of sp³-hybridized carbons (Fsp3) is 0.304. The quantitative estimate of drug-likeness (QED) is 0.626. The van der Waals surface area contributed by atoms with Gasteiger partial charge in [0.15, 0.2) is 0 Å². The molecule has 4 rings (SSSR count). The zero-order chi connectivity index (χ0) is 19.3. The molecule has 2 aromatic carbocycles. The molecule has 1 aliphatic heterocycles. The summed E-state index contributed by atoms with van der Waals surface area (Å²) in [6, 6.07) is 16.0. The summed E-state index contributed by atoms with van der Waals surface area (Å²) in [5.74, 6) is 0.485. The molecule has 0 aliphatic carbocycles. The highest BCUT2D eigenvalue weighted by atomic mass is 35.5. The van der Waals surface area contributed by atoms with Gasteiger partial charge in [0, 0.05) is 48.5 Å². The van der Waals surface area contributed by atoms with E-state index < -0.39 is 0 Å². The van der Waals surface area contributed by atoms with Crippen LogP contribution in [0.4, 0.5) is 0 Å². The first-order valence-electron chi connectivity index (χ1n) is 9.78. The van der Waals surface area contributed by atoms with Crippen molar-refractivity contribution in [2.75, 3.05) is 13.1 Å². The van der Waals surface area contributed by atoms with Crippen molar-refractivity contribution in [3.05, 3.63) is 89.0 Å². The van der Waals surface area contributed by atoms with Gasteiger partial charge >= 0.3 is 0 Å². The standard InChI is InChI=1S/C23H24ClN3O/c24-22-10-8-19(9-11-22)21-3-1-2-13-27(16-21)23(28)20-6-4-18(5-7-20)15-26-14-12-25-17-26/h4-12,14,17,21H,1-3,13,15-16H2/t21-/m0/s1. The molecule has 0 unspecified atom stereocenters. The lowest BCUT2D eigenvalue weighted by atomic mass is 9.94. The zero-order valence-corrected chi connectivity index (χ0v) is 16.6. The van der Waals surface area contributed by atoms with Crippen LogP contribution < -0.4 is 0 Å². The molecule has 0 bridgehead atoms. The maximum atomic E-state index is 13.1. The van der Waals surface area contributed by atoms with Gasteiger partial charge in [-0.3, -0.25) is 4.79 Å². The fourth-order valence-corrected chi connectivity index (χ4v) is 3.99. The van der Waals surface area contributed by atoms with Crippen molar-refractivity contribution < 1.29 is 4.79 Å². The third-order valence-corrected chi connectivity index (χ3v) is 5.68. The Morgan fingerprint density at radius 2 is 1.86 bits per heavy atom. The maximum absolute atomic E-state index is 13.1. The van der Waals surface area contributed by atoms with E-state index in [0.717, 1.165) is 55.0 Å². The lowest BCUT2D eigenvalue weighted by Gasteiger charge is -2.25. The Balaban J connectivity index is 1.46. The van der Waals surface area contributed by atoms with Crippen molar-refractivity contribution >= 4 is 17.5 Å². The van der Waals surface area contributed by atoms with Crippen LogP contribution in [-0.2, 0) is 6.54 Å². The van der Waals surface area contributed by atoms with Crippen molar-refractivity contribution in [2.45, 2.75) is 31.7 Å². The number of halogens is 1. The lowest BCUT2D eigenvalue weighted by molar-refractivity contribution is 0.0754. The number of carbonyl (C=O) groups excluding carboxylic acids is 1. The van der Waals surface area contributed by atoms with Crippen molar-refractivity contribution in [1.29, 1.82) is 0 Å². The van der Waals surface area contributed by atoms with Gasteiger partial charge in [0.25, 0.3) is 5.91 Å². The van der Waals surface area contributed by atoms with Gasteiger partial charge in [-0.15, -0.1) is 0 Å². The van der Waals surface area contributed by atoms with Crippen LogP contribution in [0.25, 0.3) is 0 Å². The molecule has 1 saturated heterocycles. The van der Waals surface area contributed by atoms with E-state index in [0.29, 0.717) is 5.92 Å². The Morgan fingerprint density at radius 1 is 1.07 bits per heavy atom. The van der Waals surface area contributed by atoms with Crippen LogP contribution in [0.2, 0.25) is 5.02 Å². The van der Waals surface area contributed by atoms with Gasteiger partial charge in [-0.05, 0) is 48.2 Å². The second kappa shape index (κ2) is 8.61. The Labute approximate surface area is 170 Å². The Kier molecular flexibility index (Phi) is 5.77. The minimum Gasteiger partial charge on any atom is -0.338 e. The minimum absolute atomic E-state index is 0.120. The molecule has 2 heterocycles. The molecule has 1 fully saturated rings. The number of aromatic nitrogens is 2. The van der Waals surface area contributed by atoms with Gasteiger partial charge in [-0.25, -0.2) is 4.98 Å². The highest BCUT2D eigenvalue weighted by Crippen LogP contribution is 2.28. The lowest BCUT2D eigenvalue weighted by Crippen LogP contribution is -2.34. The van der Waals surface area contributed by atoms with E-state index in [1.54, 1.807) is 12.5 Å². The van der Waals surface area contributed by atoms with Crippen LogP contribution >= 0.6 is 11.6 Å². The topological polar surface area (TPSA) is 38.1 Å². The second-order valence-corrected chi connectivity index (χ2v) is 7.86. The second-order valence-electron chi connectivity index (χ2n) is 7.43. The highest BCUT2D eigenvalue weighted by Gasteiger charge is 2.24. The number of benzene rings is 2. The van der Waals surface area contributed by atoms with Gasteiger partial charge < -0.3 is 9.47 Å². The molecular formula is C23H24ClN3O. The fourth-order valence-electron chi connectivity index (χ4n) is 3.86. The maximum Gasteiger partial charge on any atom is 0.253 e. The first-order chi connectivity index (χ1) is 13.7.